The van der Waals surface area contributed by atoms with Crippen molar-refractivity contribution >= 4 is 11.9 Å². The van der Waals surface area contributed by atoms with Gasteiger partial charge in [-0.2, -0.15) is 13.2 Å². The van der Waals surface area contributed by atoms with Gasteiger partial charge in [-0.3, -0.25) is 4.79 Å². The Balaban J connectivity index is 2.63. The van der Waals surface area contributed by atoms with Crippen LogP contribution in [0.25, 0.3) is 0 Å². The van der Waals surface area contributed by atoms with E-state index in [-0.39, 0.29) is 11.7 Å². The number of alkyl halides is 3. The minimum absolute atomic E-state index is 0.124. The van der Waals surface area contributed by atoms with Gasteiger partial charge in [0.2, 0.25) is 0 Å². The number of halogens is 3. The number of carbonyl (C=O) groups is 2. The number of carbonyl (C=O) groups excluding carboxylic acids is 1. The summed E-state index contributed by atoms with van der Waals surface area (Å²) in [6.45, 7) is 2.66. The molecular formula is C14H16F3NO4. The largest absolute Gasteiger partial charge is 0.484 e. The van der Waals surface area contributed by atoms with Crippen molar-refractivity contribution in [1.82, 2.24) is 5.32 Å². The van der Waals surface area contributed by atoms with Crippen LogP contribution in [0.2, 0.25) is 0 Å². The van der Waals surface area contributed by atoms with E-state index in [2.05, 4.69) is 5.32 Å². The number of nitrogens with one attached hydrogen (secondary N) is 1. The molecule has 1 amide bonds. The lowest BCUT2D eigenvalue weighted by atomic mass is 10.1. The average Bonchev–Trinajstić information content (AvgIpc) is 2.41. The van der Waals surface area contributed by atoms with Crippen molar-refractivity contribution in [1.29, 1.82) is 0 Å². The number of rotatable bonds is 6. The third-order valence-electron chi connectivity index (χ3n) is 2.78. The molecule has 0 aliphatic carbocycles. The van der Waals surface area contributed by atoms with Gasteiger partial charge < -0.3 is 15.2 Å². The molecule has 1 aromatic carbocycles. The maximum absolute atomic E-state index is 12.5. The van der Waals surface area contributed by atoms with E-state index in [0.29, 0.717) is 0 Å². The van der Waals surface area contributed by atoms with Crippen molar-refractivity contribution in [3.05, 3.63) is 29.8 Å². The van der Waals surface area contributed by atoms with Crippen molar-refractivity contribution in [2.75, 3.05) is 6.61 Å². The highest BCUT2D eigenvalue weighted by Crippen LogP contribution is 2.31. The van der Waals surface area contributed by atoms with Crippen LogP contribution in [-0.2, 0) is 15.8 Å². The second-order valence-electron chi connectivity index (χ2n) is 4.94. The lowest BCUT2D eigenvalue weighted by Crippen LogP contribution is -2.46. The molecule has 8 heteroatoms. The van der Waals surface area contributed by atoms with Gasteiger partial charge in [-0.15, -0.1) is 0 Å². The third kappa shape index (κ3) is 5.27. The molecule has 1 aromatic rings. The molecule has 22 heavy (non-hydrogen) atoms. The maximum atomic E-state index is 12.5. The van der Waals surface area contributed by atoms with Crippen LogP contribution in [0.3, 0.4) is 0 Å². The Labute approximate surface area is 125 Å². The molecule has 0 radical (unpaired) electrons. The van der Waals surface area contributed by atoms with Crippen molar-refractivity contribution in [2.24, 2.45) is 5.92 Å². The highest BCUT2D eigenvalue weighted by molar-refractivity contribution is 5.84. The third-order valence-corrected chi connectivity index (χ3v) is 2.78. The molecule has 5 nitrogen and oxygen atoms in total. The lowest BCUT2D eigenvalue weighted by Gasteiger charge is -2.18. The van der Waals surface area contributed by atoms with Crippen molar-refractivity contribution in [3.8, 4) is 5.75 Å². The highest BCUT2D eigenvalue weighted by Gasteiger charge is 2.30. The van der Waals surface area contributed by atoms with Crippen molar-refractivity contribution in [2.45, 2.75) is 26.1 Å². The van der Waals surface area contributed by atoms with Crippen LogP contribution in [-0.4, -0.2) is 29.6 Å². The molecular weight excluding hydrogens is 303 g/mol. The molecule has 0 aliphatic heterocycles. The predicted molar refractivity (Wildman–Crippen MR) is 71.3 cm³/mol. The Hall–Kier alpha value is -2.25. The molecule has 0 saturated heterocycles. The van der Waals surface area contributed by atoms with Gasteiger partial charge in [0.1, 0.15) is 11.8 Å². The standard InChI is InChI=1S/C14H16F3NO4/c1-8(2)12(13(20)21)18-11(19)7-22-10-5-3-4-9(6-10)14(15,16)17/h3-6,8,12H,7H2,1-2H3,(H,18,19)(H,20,21)/t12-/m0/s1. The first-order valence-electron chi connectivity index (χ1n) is 6.43. The Morgan fingerprint density at radius 2 is 1.95 bits per heavy atom. The maximum Gasteiger partial charge on any atom is 0.416 e. The monoisotopic (exact) mass is 319 g/mol. The summed E-state index contributed by atoms with van der Waals surface area (Å²) in [5, 5.41) is 11.2. The van der Waals surface area contributed by atoms with Gasteiger partial charge in [-0.25, -0.2) is 4.79 Å². The molecule has 0 heterocycles. The fourth-order valence-electron chi connectivity index (χ4n) is 1.64. The Morgan fingerprint density at radius 3 is 2.45 bits per heavy atom. The number of ether oxygens (including phenoxy) is 1. The molecule has 2 N–H and O–H groups in total. The van der Waals surface area contributed by atoms with Crippen LogP contribution in [0.1, 0.15) is 19.4 Å². The smallest absolute Gasteiger partial charge is 0.416 e. The van der Waals surface area contributed by atoms with Crippen LogP contribution in [0, 0.1) is 5.92 Å². The van der Waals surface area contributed by atoms with Crippen molar-refractivity contribution < 1.29 is 32.6 Å². The highest BCUT2D eigenvalue weighted by atomic mass is 19.4. The van der Waals surface area contributed by atoms with Crippen molar-refractivity contribution in [3.63, 3.8) is 0 Å². The number of hydrogen-bond acceptors (Lipinski definition) is 3. The fourth-order valence-corrected chi connectivity index (χ4v) is 1.64. The Bertz CT molecular complexity index is 543. The van der Waals surface area contributed by atoms with E-state index < -0.39 is 36.3 Å². The van der Waals surface area contributed by atoms with Gasteiger partial charge in [0, 0.05) is 0 Å². The molecule has 1 rings (SSSR count). The summed E-state index contributed by atoms with van der Waals surface area (Å²) >= 11 is 0. The van der Waals surface area contributed by atoms with Gasteiger partial charge in [0.15, 0.2) is 6.61 Å². The van der Waals surface area contributed by atoms with Gasteiger partial charge in [-0.05, 0) is 24.1 Å². The van der Waals surface area contributed by atoms with Crippen LogP contribution >= 0.6 is 0 Å². The van der Waals surface area contributed by atoms with E-state index in [1.54, 1.807) is 13.8 Å². The van der Waals surface area contributed by atoms with E-state index in [1.807, 2.05) is 0 Å². The number of carboxylic acid groups (broad SMARTS) is 1. The van der Waals surface area contributed by atoms with Gasteiger partial charge in [-0.1, -0.05) is 19.9 Å². The summed E-state index contributed by atoms with van der Waals surface area (Å²) in [6.07, 6.45) is -4.51. The lowest BCUT2D eigenvalue weighted by molar-refractivity contribution is -0.143. The zero-order valence-electron chi connectivity index (χ0n) is 12.0. The minimum Gasteiger partial charge on any atom is -0.484 e. The number of aliphatic carboxylic acids is 1. The van der Waals surface area contributed by atoms with Crippen LogP contribution in [0.15, 0.2) is 24.3 Å². The Morgan fingerprint density at radius 1 is 1.32 bits per heavy atom. The first-order valence-corrected chi connectivity index (χ1v) is 6.43. The molecule has 122 valence electrons. The van der Waals surface area contributed by atoms with E-state index >= 15 is 0 Å². The summed E-state index contributed by atoms with van der Waals surface area (Å²) in [6, 6.07) is 3.00. The van der Waals surface area contributed by atoms with Crippen LogP contribution in [0.4, 0.5) is 13.2 Å². The number of benzene rings is 1. The normalized spacial score (nSPS) is 12.8. The van der Waals surface area contributed by atoms with Crippen LogP contribution < -0.4 is 10.1 Å². The zero-order valence-corrected chi connectivity index (χ0v) is 12.0. The second kappa shape index (κ2) is 7.15. The number of carboxylic acids is 1. The van der Waals surface area contributed by atoms with E-state index in [0.717, 1.165) is 18.2 Å². The molecule has 0 aliphatic rings. The van der Waals surface area contributed by atoms with Gasteiger partial charge in [0.25, 0.3) is 5.91 Å². The second-order valence-corrected chi connectivity index (χ2v) is 4.94. The van der Waals surface area contributed by atoms with E-state index in [1.165, 1.54) is 6.07 Å². The molecule has 0 unspecified atom stereocenters. The van der Waals surface area contributed by atoms with E-state index in [9.17, 15) is 22.8 Å². The molecule has 0 spiro atoms. The fraction of sp³-hybridized carbons (Fsp3) is 0.429. The molecule has 0 bridgehead atoms. The quantitative estimate of drug-likeness (QED) is 0.844. The summed E-state index contributed by atoms with van der Waals surface area (Å²) < 4.78 is 42.5. The summed E-state index contributed by atoms with van der Waals surface area (Å²) in [4.78, 5) is 22.5. The average molecular weight is 319 g/mol. The molecule has 1 atom stereocenters. The van der Waals surface area contributed by atoms with Crippen LogP contribution in [0.5, 0.6) is 5.75 Å². The first-order chi connectivity index (χ1) is 10.1. The number of amides is 1. The van der Waals surface area contributed by atoms with E-state index in [4.69, 9.17) is 9.84 Å². The summed E-state index contributed by atoms with van der Waals surface area (Å²) in [7, 11) is 0. The van der Waals surface area contributed by atoms with Gasteiger partial charge in [0.05, 0.1) is 5.56 Å². The Kier molecular flexibility index (Phi) is 5.78. The topological polar surface area (TPSA) is 75.6 Å². The SMILES string of the molecule is CC(C)[C@H](NC(=O)COc1cccc(C(F)(F)F)c1)C(=O)O. The van der Waals surface area contributed by atoms with Gasteiger partial charge >= 0.3 is 12.1 Å². The predicted octanol–water partition coefficient (Wildman–Crippen LogP) is 2.31. The molecule has 0 fully saturated rings. The first kappa shape index (κ1) is 17.8. The number of hydrogen-bond donors (Lipinski definition) is 2. The minimum atomic E-state index is -4.51. The zero-order chi connectivity index (χ0) is 16.9. The summed E-state index contributed by atoms with van der Waals surface area (Å²) in [5.41, 5.74) is -0.893. The molecule has 0 saturated carbocycles. The molecule has 0 aromatic heterocycles. The summed E-state index contributed by atoms with van der Waals surface area (Å²) in [5.74, 6) is -2.38.